The molecule has 2 aliphatic heterocycles. The number of carbonyl (C=O) groups excluding carboxylic acids is 2. The molecule has 4 heterocycles. The third-order valence-electron chi connectivity index (χ3n) is 5.70. The monoisotopic (exact) mass is 420 g/mol. The molecule has 2 aromatic heterocycles. The van der Waals surface area contributed by atoms with Gasteiger partial charge >= 0.3 is 0 Å². The zero-order chi connectivity index (χ0) is 21.6. The Morgan fingerprint density at radius 2 is 2.26 bits per heavy atom. The number of nitrogens with one attached hydrogen (secondary N) is 1. The van der Waals surface area contributed by atoms with Crippen LogP contribution < -0.4 is 14.8 Å². The molecule has 1 aromatic carbocycles. The van der Waals surface area contributed by atoms with Gasteiger partial charge in [-0.15, -0.1) is 0 Å². The Morgan fingerprint density at radius 1 is 1.39 bits per heavy atom. The van der Waals surface area contributed by atoms with Gasteiger partial charge in [0.15, 0.2) is 11.4 Å². The molecule has 3 aromatic rings. The second kappa shape index (κ2) is 7.37. The largest absolute Gasteiger partial charge is 0.491 e. The number of nitrogens with zero attached hydrogens (tertiary/aromatic N) is 3. The fourth-order valence-electron chi connectivity index (χ4n) is 4.24. The lowest BCUT2D eigenvalue weighted by molar-refractivity contribution is -0.119. The Balaban J connectivity index is 1.43. The first-order valence-electron chi connectivity index (χ1n) is 10.5. The smallest absolute Gasteiger partial charge is 0.220 e. The van der Waals surface area contributed by atoms with E-state index in [0.717, 1.165) is 29.7 Å². The molecule has 1 N–H and O–H groups in total. The quantitative estimate of drug-likeness (QED) is 0.616. The molecule has 0 bridgehead atoms. The van der Waals surface area contributed by atoms with E-state index < -0.39 is 0 Å². The lowest BCUT2D eigenvalue weighted by atomic mass is 9.97. The molecule has 1 saturated heterocycles. The zero-order valence-corrected chi connectivity index (χ0v) is 17.6. The van der Waals surface area contributed by atoms with Gasteiger partial charge in [-0.2, -0.15) is 5.10 Å². The molecule has 0 spiro atoms. The van der Waals surface area contributed by atoms with Crippen LogP contribution in [0.2, 0.25) is 0 Å². The summed E-state index contributed by atoms with van der Waals surface area (Å²) in [5.74, 6) is 1.36. The van der Waals surface area contributed by atoms with Gasteiger partial charge in [0, 0.05) is 43.3 Å². The first-order valence-corrected chi connectivity index (χ1v) is 10.5. The molecule has 2 aliphatic rings. The summed E-state index contributed by atoms with van der Waals surface area (Å²) in [6.45, 7) is 4.43. The molecular weight excluding hydrogens is 396 g/mol. The lowest BCUT2D eigenvalue weighted by Crippen LogP contribution is -2.31. The summed E-state index contributed by atoms with van der Waals surface area (Å²) in [4.78, 5) is 28.9. The van der Waals surface area contributed by atoms with Crippen LogP contribution in [0, 0.1) is 0 Å². The van der Waals surface area contributed by atoms with Gasteiger partial charge in [-0.1, -0.05) is 0 Å². The highest BCUT2D eigenvalue weighted by Crippen LogP contribution is 2.39. The van der Waals surface area contributed by atoms with E-state index in [4.69, 9.17) is 9.47 Å². The van der Waals surface area contributed by atoms with Crippen molar-refractivity contribution in [1.29, 1.82) is 0 Å². The molecule has 0 aliphatic carbocycles. The highest BCUT2D eigenvalue weighted by atomic mass is 16.5. The summed E-state index contributed by atoms with van der Waals surface area (Å²) in [6.07, 6.45) is 7.15. The summed E-state index contributed by atoms with van der Waals surface area (Å²) < 4.78 is 13.7. The third-order valence-corrected chi connectivity index (χ3v) is 5.70. The molecule has 0 unspecified atom stereocenters. The van der Waals surface area contributed by atoms with E-state index in [1.54, 1.807) is 29.2 Å². The van der Waals surface area contributed by atoms with Crippen molar-refractivity contribution < 1.29 is 19.1 Å². The van der Waals surface area contributed by atoms with Crippen molar-refractivity contribution in [3.8, 4) is 11.5 Å². The highest BCUT2D eigenvalue weighted by Gasteiger charge is 2.32. The number of Topliss-reactive ketones (excluding diaryl/α,β-unsaturated/α-hetero) is 1. The number of amides is 1. The van der Waals surface area contributed by atoms with E-state index in [1.807, 2.05) is 26.0 Å². The van der Waals surface area contributed by atoms with Crippen molar-refractivity contribution >= 4 is 17.3 Å². The number of benzene rings is 1. The minimum atomic E-state index is -0.298. The van der Waals surface area contributed by atoms with E-state index in [1.165, 1.54) is 0 Å². The maximum absolute atomic E-state index is 13.1. The fraction of sp³-hybridized carbons (Fsp3) is 0.391. The summed E-state index contributed by atoms with van der Waals surface area (Å²) in [6, 6.07) is 5.62. The molecule has 0 radical (unpaired) electrons. The molecule has 5 rings (SSSR count). The zero-order valence-electron chi connectivity index (χ0n) is 17.6. The maximum atomic E-state index is 13.1. The van der Waals surface area contributed by atoms with Crippen LogP contribution in [0.4, 0.5) is 0 Å². The number of ether oxygens (including phenoxy) is 2. The Morgan fingerprint density at radius 3 is 3.06 bits per heavy atom. The van der Waals surface area contributed by atoms with Gasteiger partial charge in [0.05, 0.1) is 17.8 Å². The second-order valence-electron chi connectivity index (χ2n) is 8.77. The summed E-state index contributed by atoms with van der Waals surface area (Å²) >= 11 is 0. The van der Waals surface area contributed by atoms with Crippen LogP contribution in [0.15, 0.2) is 36.8 Å². The van der Waals surface area contributed by atoms with Crippen LogP contribution in [0.25, 0.3) is 5.65 Å². The number of hydrogen-bond donors (Lipinski definition) is 1. The Bertz CT molecular complexity index is 1180. The van der Waals surface area contributed by atoms with Gasteiger partial charge in [0.2, 0.25) is 5.91 Å². The Kier molecular flexibility index (Phi) is 4.64. The predicted octanol–water partition coefficient (Wildman–Crippen LogP) is 2.53. The summed E-state index contributed by atoms with van der Waals surface area (Å²) in [5.41, 5.74) is 2.58. The number of aromatic nitrogens is 3. The van der Waals surface area contributed by atoms with Crippen LogP contribution in [-0.4, -0.2) is 44.5 Å². The topological polar surface area (TPSA) is 94.8 Å². The van der Waals surface area contributed by atoms with E-state index >= 15 is 0 Å². The minimum absolute atomic E-state index is 0.0227. The van der Waals surface area contributed by atoms with Gasteiger partial charge in [0.1, 0.15) is 23.7 Å². The van der Waals surface area contributed by atoms with Crippen LogP contribution in [0.1, 0.15) is 48.2 Å². The fourth-order valence-corrected chi connectivity index (χ4v) is 4.24. The van der Waals surface area contributed by atoms with Crippen LogP contribution >= 0.6 is 0 Å². The molecule has 8 heteroatoms. The highest BCUT2D eigenvalue weighted by molar-refractivity contribution is 6.02. The van der Waals surface area contributed by atoms with Crippen molar-refractivity contribution in [1.82, 2.24) is 19.9 Å². The van der Waals surface area contributed by atoms with E-state index in [0.29, 0.717) is 30.0 Å². The number of fused-ring (bicyclic) bond motifs is 2. The Labute approximate surface area is 179 Å². The number of rotatable bonds is 6. The van der Waals surface area contributed by atoms with Crippen LogP contribution in [-0.2, 0) is 17.6 Å². The number of carbonyl (C=O) groups is 2. The van der Waals surface area contributed by atoms with Gasteiger partial charge in [-0.3, -0.25) is 9.59 Å². The van der Waals surface area contributed by atoms with Crippen molar-refractivity contribution in [3.63, 3.8) is 0 Å². The predicted molar refractivity (Wildman–Crippen MR) is 113 cm³/mol. The average Bonchev–Trinajstić information content (AvgIpc) is 3.41. The number of hydrogen-bond acceptors (Lipinski definition) is 6. The molecule has 160 valence electrons. The van der Waals surface area contributed by atoms with Crippen molar-refractivity contribution in [2.24, 2.45) is 0 Å². The van der Waals surface area contributed by atoms with Gasteiger partial charge in [-0.05, 0) is 38.0 Å². The van der Waals surface area contributed by atoms with Gasteiger partial charge in [0.25, 0.3) is 0 Å². The molecular formula is C23H24N4O4. The standard InChI is InChI=1S/C23H24N4O4/c1-23(2)11-15-8-14(9-18(28)17-12-25-27-7-3-6-24-22(17)27)19(10-20(15)31-23)30-13-16-4-5-21(29)26-16/h3,6-8,10,12,16H,4-5,9,11,13H2,1-2H3,(H,26,29)/t16-/m0/s1. The molecule has 1 amide bonds. The first-order chi connectivity index (χ1) is 14.9. The SMILES string of the molecule is CC1(C)Cc2cc(CC(=O)c3cnn4cccnc34)c(OC[C@@H]3CCC(=O)N3)cc2O1. The van der Waals surface area contributed by atoms with Crippen molar-refractivity contribution in [3.05, 3.63) is 53.5 Å². The summed E-state index contributed by atoms with van der Waals surface area (Å²) in [7, 11) is 0. The van der Waals surface area contributed by atoms with Gasteiger partial charge < -0.3 is 14.8 Å². The normalized spacial score (nSPS) is 19.2. The lowest BCUT2D eigenvalue weighted by Gasteiger charge is -2.18. The first kappa shape index (κ1) is 19.5. The third kappa shape index (κ3) is 3.85. The molecule has 31 heavy (non-hydrogen) atoms. The van der Waals surface area contributed by atoms with Crippen LogP contribution in [0.5, 0.6) is 11.5 Å². The number of ketones is 1. The molecule has 0 saturated carbocycles. The maximum Gasteiger partial charge on any atom is 0.220 e. The summed E-state index contributed by atoms with van der Waals surface area (Å²) in [5, 5.41) is 7.13. The second-order valence-corrected chi connectivity index (χ2v) is 8.77. The van der Waals surface area contributed by atoms with E-state index in [-0.39, 0.29) is 29.8 Å². The molecule has 8 nitrogen and oxygen atoms in total. The van der Waals surface area contributed by atoms with Crippen LogP contribution in [0.3, 0.4) is 0 Å². The molecule has 1 atom stereocenters. The van der Waals surface area contributed by atoms with Crippen molar-refractivity contribution in [2.75, 3.05) is 6.61 Å². The molecule has 1 fully saturated rings. The minimum Gasteiger partial charge on any atom is -0.491 e. The van der Waals surface area contributed by atoms with E-state index in [2.05, 4.69) is 15.4 Å². The Hall–Kier alpha value is -3.42. The van der Waals surface area contributed by atoms with Gasteiger partial charge in [-0.25, -0.2) is 9.50 Å². The van der Waals surface area contributed by atoms with Crippen molar-refractivity contribution in [2.45, 2.75) is 51.2 Å². The van der Waals surface area contributed by atoms with E-state index in [9.17, 15) is 9.59 Å². The average molecular weight is 420 g/mol.